The van der Waals surface area contributed by atoms with E-state index in [0.717, 1.165) is 18.3 Å². The first kappa shape index (κ1) is 10.3. The number of hydrogen-bond acceptors (Lipinski definition) is 2. The summed E-state index contributed by atoms with van der Waals surface area (Å²) in [5, 5.41) is 9.62. The van der Waals surface area contributed by atoms with E-state index in [1.165, 1.54) is 27.9 Å². The van der Waals surface area contributed by atoms with Gasteiger partial charge in [-0.2, -0.15) is 0 Å². The molecule has 2 unspecified atom stereocenters. The van der Waals surface area contributed by atoms with E-state index in [9.17, 15) is 5.11 Å². The van der Waals surface area contributed by atoms with Crippen molar-refractivity contribution in [2.45, 2.75) is 25.7 Å². The lowest BCUT2D eigenvalue weighted by Crippen LogP contribution is -2.25. The monoisotopic (exact) mass is 286 g/mol. The van der Waals surface area contributed by atoms with E-state index in [0.29, 0.717) is 6.61 Å². The first-order chi connectivity index (χ1) is 7.21. The highest BCUT2D eigenvalue weighted by Gasteiger charge is 2.53. The van der Waals surface area contributed by atoms with E-state index in [1.807, 2.05) is 11.3 Å². The molecule has 2 aliphatic carbocycles. The van der Waals surface area contributed by atoms with Crippen molar-refractivity contribution in [3.05, 3.63) is 20.8 Å². The number of fused-ring (bicyclic) bond motifs is 1. The van der Waals surface area contributed by atoms with Crippen LogP contribution in [0.25, 0.3) is 0 Å². The number of rotatable bonds is 3. The van der Waals surface area contributed by atoms with Gasteiger partial charge in [0.1, 0.15) is 0 Å². The summed E-state index contributed by atoms with van der Waals surface area (Å²) in [7, 11) is 0. The molecule has 1 nitrogen and oxygen atoms in total. The zero-order chi connectivity index (χ0) is 10.5. The third-order valence-electron chi connectivity index (χ3n) is 3.97. The van der Waals surface area contributed by atoms with Crippen LogP contribution in [0.4, 0.5) is 0 Å². The van der Waals surface area contributed by atoms with E-state index in [1.54, 1.807) is 0 Å². The van der Waals surface area contributed by atoms with Crippen molar-refractivity contribution < 1.29 is 5.11 Å². The number of aliphatic hydroxyl groups excluding tert-OH is 1. The summed E-state index contributed by atoms with van der Waals surface area (Å²) in [5.41, 5.74) is 0.220. The first-order valence-electron chi connectivity index (χ1n) is 5.56. The standard InChI is InChI=1S/C12H15BrOS/c13-11-2-1-10(15-11)6-12(7-14)4-8-3-9(8)5-12/h1-2,8-9,14H,3-7H2. The van der Waals surface area contributed by atoms with Crippen molar-refractivity contribution >= 4 is 27.3 Å². The molecule has 2 aliphatic rings. The second-order valence-electron chi connectivity index (χ2n) is 5.20. The molecule has 0 bridgehead atoms. The highest BCUT2D eigenvalue weighted by molar-refractivity contribution is 9.11. The first-order valence-corrected chi connectivity index (χ1v) is 7.17. The Labute approximate surface area is 103 Å². The number of halogens is 1. The molecule has 15 heavy (non-hydrogen) atoms. The zero-order valence-electron chi connectivity index (χ0n) is 8.58. The fraction of sp³-hybridized carbons (Fsp3) is 0.667. The minimum atomic E-state index is 0.220. The molecular formula is C12H15BrOS. The highest BCUT2D eigenvalue weighted by atomic mass is 79.9. The van der Waals surface area contributed by atoms with Crippen LogP contribution in [0.1, 0.15) is 24.1 Å². The van der Waals surface area contributed by atoms with Crippen LogP contribution in [0.3, 0.4) is 0 Å². The average molecular weight is 287 g/mol. The molecule has 3 rings (SSSR count). The van der Waals surface area contributed by atoms with Crippen LogP contribution in [0.2, 0.25) is 0 Å². The Morgan fingerprint density at radius 1 is 1.40 bits per heavy atom. The van der Waals surface area contributed by atoms with Gasteiger partial charge in [0, 0.05) is 11.5 Å². The van der Waals surface area contributed by atoms with Gasteiger partial charge < -0.3 is 5.11 Å². The summed E-state index contributed by atoms with van der Waals surface area (Å²) in [5.74, 6) is 1.89. The predicted molar refractivity (Wildman–Crippen MR) is 66.1 cm³/mol. The summed E-state index contributed by atoms with van der Waals surface area (Å²) in [6.07, 6.45) is 5.01. The maximum atomic E-state index is 9.62. The van der Waals surface area contributed by atoms with E-state index < -0.39 is 0 Å². The maximum absolute atomic E-state index is 9.62. The molecule has 1 N–H and O–H groups in total. The van der Waals surface area contributed by atoms with E-state index >= 15 is 0 Å². The molecule has 0 amide bonds. The molecule has 3 heteroatoms. The van der Waals surface area contributed by atoms with Crippen LogP contribution in [-0.4, -0.2) is 11.7 Å². The second kappa shape index (κ2) is 3.57. The Morgan fingerprint density at radius 3 is 2.67 bits per heavy atom. The molecular weight excluding hydrogens is 272 g/mol. The summed E-state index contributed by atoms with van der Waals surface area (Å²) in [6.45, 7) is 0.371. The summed E-state index contributed by atoms with van der Waals surface area (Å²) < 4.78 is 1.20. The maximum Gasteiger partial charge on any atom is 0.0701 e. The van der Waals surface area contributed by atoms with Gasteiger partial charge in [-0.15, -0.1) is 11.3 Å². The normalized spacial score (nSPS) is 38.0. The molecule has 0 spiro atoms. The van der Waals surface area contributed by atoms with Gasteiger partial charge in [0.05, 0.1) is 3.79 Å². The fourth-order valence-electron chi connectivity index (χ4n) is 3.15. The number of thiophene rings is 1. The average Bonchev–Trinajstić information content (AvgIpc) is 2.65. The molecule has 0 radical (unpaired) electrons. The number of hydrogen-bond donors (Lipinski definition) is 1. The van der Waals surface area contributed by atoms with Gasteiger partial charge >= 0.3 is 0 Å². The van der Waals surface area contributed by atoms with E-state index in [-0.39, 0.29) is 5.41 Å². The lowest BCUT2D eigenvalue weighted by molar-refractivity contribution is 0.118. The van der Waals surface area contributed by atoms with Gasteiger partial charge in [-0.1, -0.05) is 0 Å². The summed E-state index contributed by atoms with van der Waals surface area (Å²) in [4.78, 5) is 1.41. The Balaban J connectivity index is 1.75. The number of aliphatic hydroxyl groups is 1. The van der Waals surface area contributed by atoms with Crippen LogP contribution >= 0.6 is 27.3 Å². The molecule has 82 valence electrons. The lowest BCUT2D eigenvalue weighted by Gasteiger charge is -2.27. The van der Waals surface area contributed by atoms with Crippen LogP contribution in [0.5, 0.6) is 0 Å². The van der Waals surface area contributed by atoms with Crippen LogP contribution in [-0.2, 0) is 6.42 Å². The van der Waals surface area contributed by atoms with Gasteiger partial charge in [-0.3, -0.25) is 0 Å². The minimum Gasteiger partial charge on any atom is -0.396 e. The van der Waals surface area contributed by atoms with Crippen LogP contribution in [0.15, 0.2) is 15.9 Å². The third-order valence-corrected chi connectivity index (χ3v) is 5.60. The Kier molecular flexibility index (Phi) is 2.45. The topological polar surface area (TPSA) is 20.2 Å². The van der Waals surface area contributed by atoms with E-state index in [4.69, 9.17) is 0 Å². The molecule has 0 aliphatic heterocycles. The molecule has 2 fully saturated rings. The van der Waals surface area contributed by atoms with E-state index in [2.05, 4.69) is 28.1 Å². The van der Waals surface area contributed by atoms with Crippen molar-refractivity contribution in [1.29, 1.82) is 0 Å². The van der Waals surface area contributed by atoms with Crippen LogP contribution in [0, 0.1) is 17.3 Å². The largest absolute Gasteiger partial charge is 0.396 e. The summed E-state index contributed by atoms with van der Waals surface area (Å²) in [6, 6.07) is 4.30. The Hall–Kier alpha value is 0.140. The fourth-order valence-corrected chi connectivity index (χ4v) is 4.81. The van der Waals surface area contributed by atoms with Crippen molar-refractivity contribution in [2.75, 3.05) is 6.61 Å². The molecule has 1 aromatic heterocycles. The Morgan fingerprint density at radius 2 is 2.13 bits per heavy atom. The second-order valence-corrected chi connectivity index (χ2v) is 7.75. The third kappa shape index (κ3) is 1.90. The van der Waals surface area contributed by atoms with Gasteiger partial charge in [-0.05, 0) is 71.0 Å². The molecule has 2 atom stereocenters. The molecule has 2 saturated carbocycles. The highest BCUT2D eigenvalue weighted by Crippen LogP contribution is 2.60. The van der Waals surface area contributed by atoms with Crippen LogP contribution < -0.4 is 0 Å². The quantitative estimate of drug-likeness (QED) is 0.902. The molecule has 1 aromatic rings. The van der Waals surface area contributed by atoms with Crippen molar-refractivity contribution in [3.8, 4) is 0 Å². The molecule has 1 heterocycles. The zero-order valence-corrected chi connectivity index (χ0v) is 11.0. The van der Waals surface area contributed by atoms with Crippen molar-refractivity contribution in [1.82, 2.24) is 0 Å². The smallest absolute Gasteiger partial charge is 0.0701 e. The van der Waals surface area contributed by atoms with Gasteiger partial charge in [0.25, 0.3) is 0 Å². The molecule has 0 aromatic carbocycles. The van der Waals surface area contributed by atoms with Gasteiger partial charge in [-0.25, -0.2) is 0 Å². The van der Waals surface area contributed by atoms with Crippen molar-refractivity contribution in [3.63, 3.8) is 0 Å². The SMILES string of the molecule is OCC1(Cc2ccc(Br)s2)CC2CC2C1. The lowest BCUT2D eigenvalue weighted by atomic mass is 9.80. The van der Waals surface area contributed by atoms with Gasteiger partial charge in [0.2, 0.25) is 0 Å². The van der Waals surface area contributed by atoms with Gasteiger partial charge in [0.15, 0.2) is 0 Å². The summed E-state index contributed by atoms with van der Waals surface area (Å²) >= 11 is 5.31. The molecule has 0 saturated heterocycles. The minimum absolute atomic E-state index is 0.220. The van der Waals surface area contributed by atoms with Crippen molar-refractivity contribution in [2.24, 2.45) is 17.3 Å². The predicted octanol–water partition coefficient (Wildman–Crippen LogP) is 3.46. The Bertz CT molecular complexity index is 363.